The average Bonchev–Trinajstić information content (AvgIpc) is 2.44. The molecule has 0 heterocycles. The molecule has 0 aliphatic rings. The van der Waals surface area contributed by atoms with Crippen LogP contribution in [0.25, 0.3) is 6.08 Å². The summed E-state index contributed by atoms with van der Waals surface area (Å²) in [5, 5.41) is 11.0. The predicted molar refractivity (Wildman–Crippen MR) is 71.9 cm³/mol. The summed E-state index contributed by atoms with van der Waals surface area (Å²) in [6, 6.07) is 2.78. The number of rotatable bonds is 6. The second-order valence-electron chi connectivity index (χ2n) is 3.61. The van der Waals surface area contributed by atoms with E-state index in [1.54, 1.807) is 6.92 Å². The number of hydrogen-bond donors (Lipinski definition) is 0. The maximum atomic E-state index is 11.3. The van der Waals surface area contributed by atoms with Crippen molar-refractivity contribution in [2.24, 2.45) is 0 Å². The second-order valence-corrected chi connectivity index (χ2v) is 3.61. The molecule has 0 aliphatic carbocycles. The van der Waals surface area contributed by atoms with Crippen LogP contribution in [0.3, 0.4) is 0 Å². The molecule has 108 valence electrons. The fraction of sp³-hybridized carbons (Fsp3) is 0.308. The molecule has 0 saturated heterocycles. The lowest BCUT2D eigenvalue weighted by atomic mass is 10.1. The van der Waals surface area contributed by atoms with Crippen LogP contribution < -0.4 is 9.47 Å². The van der Waals surface area contributed by atoms with Gasteiger partial charge in [0.1, 0.15) is 5.75 Å². The van der Waals surface area contributed by atoms with Crippen LogP contribution in [0.4, 0.5) is 5.69 Å². The van der Waals surface area contributed by atoms with Gasteiger partial charge < -0.3 is 14.2 Å². The van der Waals surface area contributed by atoms with Crippen LogP contribution in [0.5, 0.6) is 11.5 Å². The number of nitro groups is 1. The first-order valence-corrected chi connectivity index (χ1v) is 5.78. The van der Waals surface area contributed by atoms with E-state index in [2.05, 4.69) is 0 Å². The smallest absolute Gasteiger partial charge is 0.330 e. The number of ether oxygens (including phenoxy) is 3. The molecule has 0 bridgehead atoms. The van der Waals surface area contributed by atoms with Crippen molar-refractivity contribution >= 4 is 17.7 Å². The van der Waals surface area contributed by atoms with Crippen molar-refractivity contribution in [1.29, 1.82) is 0 Å². The van der Waals surface area contributed by atoms with E-state index in [1.807, 2.05) is 0 Å². The highest BCUT2D eigenvalue weighted by molar-refractivity contribution is 5.88. The maximum absolute atomic E-state index is 11.3. The Hall–Kier alpha value is -2.57. The monoisotopic (exact) mass is 281 g/mol. The molecule has 1 aromatic carbocycles. The highest BCUT2D eigenvalue weighted by atomic mass is 16.6. The summed E-state index contributed by atoms with van der Waals surface area (Å²) in [7, 11) is 2.71. The third-order valence-electron chi connectivity index (χ3n) is 2.39. The van der Waals surface area contributed by atoms with Crippen LogP contribution in [0, 0.1) is 10.1 Å². The van der Waals surface area contributed by atoms with Gasteiger partial charge in [0.15, 0.2) is 0 Å². The second kappa shape index (κ2) is 7.13. The van der Waals surface area contributed by atoms with Gasteiger partial charge >= 0.3 is 11.7 Å². The Morgan fingerprint density at radius 1 is 1.35 bits per heavy atom. The van der Waals surface area contributed by atoms with Gasteiger partial charge in [-0.2, -0.15) is 0 Å². The number of carbonyl (C=O) groups is 1. The molecule has 7 nitrogen and oxygen atoms in total. The molecule has 0 N–H and O–H groups in total. The van der Waals surface area contributed by atoms with Gasteiger partial charge in [0.05, 0.1) is 31.8 Å². The molecule has 7 heteroatoms. The van der Waals surface area contributed by atoms with Crippen LogP contribution in [0.1, 0.15) is 12.5 Å². The molecular weight excluding hydrogens is 266 g/mol. The van der Waals surface area contributed by atoms with Gasteiger partial charge in [-0.25, -0.2) is 4.79 Å². The minimum absolute atomic E-state index is 0.0522. The van der Waals surface area contributed by atoms with Crippen LogP contribution in [0.2, 0.25) is 0 Å². The molecule has 0 amide bonds. The maximum Gasteiger partial charge on any atom is 0.330 e. The molecule has 0 aromatic heterocycles. The molecule has 1 rings (SSSR count). The van der Waals surface area contributed by atoms with E-state index in [-0.39, 0.29) is 18.0 Å². The first-order chi connectivity index (χ1) is 9.53. The zero-order valence-corrected chi connectivity index (χ0v) is 11.4. The number of nitrogens with zero attached hydrogens (tertiary/aromatic N) is 1. The van der Waals surface area contributed by atoms with Crippen LogP contribution in [-0.4, -0.2) is 31.7 Å². The summed E-state index contributed by atoms with van der Waals surface area (Å²) in [5.41, 5.74) is 0.113. The number of hydrogen-bond acceptors (Lipinski definition) is 6. The van der Waals surface area contributed by atoms with Crippen molar-refractivity contribution in [3.05, 3.63) is 33.9 Å². The van der Waals surface area contributed by atoms with Gasteiger partial charge in [0, 0.05) is 11.6 Å². The van der Waals surface area contributed by atoms with Gasteiger partial charge in [-0.1, -0.05) is 0 Å². The van der Waals surface area contributed by atoms with Gasteiger partial charge in [-0.05, 0) is 19.1 Å². The highest BCUT2D eigenvalue weighted by Crippen LogP contribution is 2.36. The van der Waals surface area contributed by atoms with E-state index in [4.69, 9.17) is 14.2 Å². The number of esters is 1. The molecular formula is C13H15NO6. The Balaban J connectivity index is 3.25. The molecule has 1 aromatic rings. The predicted octanol–water partition coefficient (Wildman–Crippen LogP) is 2.19. The first-order valence-electron chi connectivity index (χ1n) is 5.78. The SMILES string of the molecule is CCOC(=O)C=Cc1cc(OC)cc([N+](=O)[O-])c1OC. The lowest BCUT2D eigenvalue weighted by molar-refractivity contribution is -0.385. The fourth-order valence-electron chi connectivity index (χ4n) is 1.56. The normalized spacial score (nSPS) is 10.3. The Morgan fingerprint density at radius 3 is 2.55 bits per heavy atom. The summed E-state index contributed by atoms with van der Waals surface area (Å²) < 4.78 is 14.8. The van der Waals surface area contributed by atoms with E-state index in [0.29, 0.717) is 11.3 Å². The molecule has 0 spiro atoms. The fourth-order valence-corrected chi connectivity index (χ4v) is 1.56. The minimum Gasteiger partial charge on any atom is -0.496 e. The largest absolute Gasteiger partial charge is 0.496 e. The van der Waals surface area contributed by atoms with Gasteiger partial charge in [0.2, 0.25) is 5.75 Å². The summed E-state index contributed by atoms with van der Waals surface area (Å²) >= 11 is 0. The quantitative estimate of drug-likeness (QED) is 0.344. The molecule has 20 heavy (non-hydrogen) atoms. The van der Waals surface area contributed by atoms with Crippen LogP contribution >= 0.6 is 0 Å². The third-order valence-corrected chi connectivity index (χ3v) is 2.39. The number of carbonyl (C=O) groups excluding carboxylic acids is 1. The van der Waals surface area contributed by atoms with Crippen LogP contribution in [0.15, 0.2) is 18.2 Å². The Kier molecular flexibility index (Phi) is 5.52. The van der Waals surface area contributed by atoms with E-state index in [1.165, 1.54) is 38.5 Å². The van der Waals surface area contributed by atoms with Crippen molar-refractivity contribution in [2.75, 3.05) is 20.8 Å². The third kappa shape index (κ3) is 3.71. The van der Waals surface area contributed by atoms with E-state index >= 15 is 0 Å². The Bertz CT molecular complexity index is 538. The first kappa shape index (κ1) is 15.5. The van der Waals surface area contributed by atoms with Crippen molar-refractivity contribution in [3.63, 3.8) is 0 Å². The zero-order valence-electron chi connectivity index (χ0n) is 11.4. The lowest BCUT2D eigenvalue weighted by Crippen LogP contribution is -2.00. The Labute approximate surface area is 115 Å². The van der Waals surface area contributed by atoms with Crippen molar-refractivity contribution in [3.8, 4) is 11.5 Å². The number of methoxy groups -OCH3 is 2. The molecule has 0 aliphatic heterocycles. The molecule has 0 fully saturated rings. The summed E-state index contributed by atoms with van der Waals surface area (Å²) in [4.78, 5) is 21.7. The summed E-state index contributed by atoms with van der Waals surface area (Å²) in [6.45, 7) is 1.93. The van der Waals surface area contributed by atoms with Crippen molar-refractivity contribution in [1.82, 2.24) is 0 Å². The molecule has 0 unspecified atom stereocenters. The van der Waals surface area contributed by atoms with Crippen molar-refractivity contribution < 1.29 is 23.9 Å². The minimum atomic E-state index is -0.580. The van der Waals surface area contributed by atoms with Gasteiger partial charge in [-0.3, -0.25) is 10.1 Å². The number of nitro benzene ring substituents is 1. The van der Waals surface area contributed by atoms with E-state index < -0.39 is 10.9 Å². The molecule has 0 radical (unpaired) electrons. The average molecular weight is 281 g/mol. The van der Waals surface area contributed by atoms with E-state index in [9.17, 15) is 14.9 Å². The zero-order chi connectivity index (χ0) is 15.1. The summed E-state index contributed by atoms with van der Waals surface area (Å²) in [5.74, 6) is -0.197. The molecule has 0 atom stereocenters. The lowest BCUT2D eigenvalue weighted by Gasteiger charge is -2.08. The van der Waals surface area contributed by atoms with Crippen molar-refractivity contribution in [2.45, 2.75) is 6.92 Å². The molecule has 0 saturated carbocycles. The standard InChI is InChI=1S/C13H15NO6/c1-4-20-12(15)6-5-9-7-10(18-2)8-11(14(16)17)13(9)19-3/h5-8H,4H2,1-3H3. The summed E-state index contributed by atoms with van der Waals surface area (Å²) in [6.07, 6.45) is 2.55. The van der Waals surface area contributed by atoms with Gasteiger partial charge in [-0.15, -0.1) is 0 Å². The van der Waals surface area contributed by atoms with E-state index in [0.717, 1.165) is 0 Å². The Morgan fingerprint density at radius 2 is 2.05 bits per heavy atom. The topological polar surface area (TPSA) is 87.9 Å². The number of benzene rings is 1. The van der Waals surface area contributed by atoms with Gasteiger partial charge in [0.25, 0.3) is 0 Å². The van der Waals surface area contributed by atoms with Crippen LogP contribution in [-0.2, 0) is 9.53 Å². The highest BCUT2D eigenvalue weighted by Gasteiger charge is 2.20.